The fourth-order valence-electron chi connectivity index (χ4n) is 3.42. The zero-order chi connectivity index (χ0) is 24.8. The number of anilines is 1. The van der Waals surface area contributed by atoms with Gasteiger partial charge in [-0.1, -0.05) is 17.9 Å². The average Bonchev–Trinajstić information content (AvgIpc) is 2.93. The fourth-order valence-corrected chi connectivity index (χ4v) is 3.42. The number of nitrogens with zero attached hydrogens (tertiary/aromatic N) is 3. The maximum Gasteiger partial charge on any atom is 0.341 e. The number of hydrogen-bond donors (Lipinski definition) is 2. The van der Waals surface area contributed by atoms with Crippen LogP contribution in [0.1, 0.15) is 11.3 Å². The molecule has 2 aliphatic rings. The summed E-state index contributed by atoms with van der Waals surface area (Å²) in [6, 6.07) is 8.05. The van der Waals surface area contributed by atoms with Crippen LogP contribution in [0.4, 0.5) is 14.9 Å². The Balaban J connectivity index is 1.39. The highest BCUT2D eigenvalue weighted by Gasteiger charge is 2.30. The number of rotatable bonds is 4. The van der Waals surface area contributed by atoms with E-state index in [0.29, 0.717) is 35.9 Å². The highest BCUT2D eigenvalue weighted by molar-refractivity contribution is 6.01. The standard InChI is InChI=1S/C25H24FN5O4/c1-31-21-10-16(5-6-17-13-34-14-17)7-8-22(21)35-15-20(24(31)32)30-25(33)28-12-18(11-27)9-19-3-2-4-23(26)29-19/h2-4,7-8,10-12,17,20H,9,13-15,27H2,1H3,(H,30,33)/b18-11-,28-12+. The first-order valence-corrected chi connectivity index (χ1v) is 10.9. The first-order chi connectivity index (χ1) is 16.9. The maximum absolute atomic E-state index is 13.3. The summed E-state index contributed by atoms with van der Waals surface area (Å²) in [5.41, 5.74) is 7.79. The largest absolute Gasteiger partial charge is 0.489 e. The molecule has 0 saturated carbocycles. The number of fused-ring (bicyclic) bond motifs is 1. The van der Waals surface area contributed by atoms with Crippen LogP contribution in [-0.2, 0) is 16.0 Å². The van der Waals surface area contributed by atoms with Gasteiger partial charge in [-0.25, -0.2) is 14.8 Å². The van der Waals surface area contributed by atoms with Crippen molar-refractivity contribution in [2.75, 3.05) is 31.8 Å². The lowest BCUT2D eigenvalue weighted by molar-refractivity contribution is -0.120. The van der Waals surface area contributed by atoms with Gasteiger partial charge < -0.3 is 25.4 Å². The zero-order valence-corrected chi connectivity index (χ0v) is 19.0. The highest BCUT2D eigenvalue weighted by atomic mass is 19.1. The molecule has 3 amide bonds. The molecule has 0 radical (unpaired) electrons. The molecule has 10 heteroatoms. The van der Waals surface area contributed by atoms with Gasteiger partial charge in [0.1, 0.15) is 18.4 Å². The summed E-state index contributed by atoms with van der Waals surface area (Å²) in [7, 11) is 1.61. The van der Waals surface area contributed by atoms with Gasteiger partial charge in [0.2, 0.25) is 5.95 Å². The van der Waals surface area contributed by atoms with E-state index >= 15 is 0 Å². The van der Waals surface area contributed by atoms with Crippen molar-refractivity contribution in [2.24, 2.45) is 16.6 Å². The molecule has 4 rings (SSSR count). The van der Waals surface area contributed by atoms with Gasteiger partial charge in [0, 0.05) is 30.9 Å². The third-order valence-corrected chi connectivity index (χ3v) is 5.43. The number of carbonyl (C=O) groups excluding carboxylic acids is 2. The molecule has 3 heterocycles. The average molecular weight is 477 g/mol. The minimum atomic E-state index is -0.950. The minimum Gasteiger partial charge on any atom is -0.489 e. The number of aromatic nitrogens is 1. The first kappa shape index (κ1) is 23.9. The van der Waals surface area contributed by atoms with Crippen LogP contribution >= 0.6 is 0 Å². The summed E-state index contributed by atoms with van der Waals surface area (Å²) in [4.78, 5) is 34.4. The quantitative estimate of drug-likeness (QED) is 0.394. The van der Waals surface area contributed by atoms with Crippen LogP contribution < -0.4 is 20.7 Å². The molecule has 0 aliphatic carbocycles. The van der Waals surface area contributed by atoms with Gasteiger partial charge >= 0.3 is 6.03 Å². The van der Waals surface area contributed by atoms with Gasteiger partial charge in [0.05, 0.1) is 24.8 Å². The molecule has 180 valence electrons. The molecular formula is C25H24FN5O4. The molecule has 1 atom stereocenters. The first-order valence-electron chi connectivity index (χ1n) is 10.9. The number of likely N-dealkylation sites (N-methyl/N-ethyl adjacent to an activating group) is 1. The maximum atomic E-state index is 13.3. The van der Waals surface area contributed by atoms with E-state index in [1.54, 1.807) is 25.2 Å². The van der Waals surface area contributed by atoms with Crippen LogP contribution in [0.3, 0.4) is 0 Å². The summed E-state index contributed by atoms with van der Waals surface area (Å²) < 4.78 is 24.2. The van der Waals surface area contributed by atoms with E-state index in [-0.39, 0.29) is 24.9 Å². The number of urea groups is 1. The second-order valence-corrected chi connectivity index (χ2v) is 8.02. The van der Waals surface area contributed by atoms with E-state index in [1.807, 2.05) is 6.07 Å². The Morgan fingerprint density at radius 3 is 2.89 bits per heavy atom. The van der Waals surface area contributed by atoms with Crippen LogP contribution in [-0.4, -0.2) is 56.0 Å². The number of benzene rings is 1. The summed E-state index contributed by atoms with van der Waals surface area (Å²) in [5.74, 6) is 6.00. The number of pyridine rings is 1. The van der Waals surface area contributed by atoms with Crippen molar-refractivity contribution in [1.82, 2.24) is 10.3 Å². The van der Waals surface area contributed by atoms with Gasteiger partial charge in [0.15, 0.2) is 0 Å². The monoisotopic (exact) mass is 477 g/mol. The Kier molecular flexibility index (Phi) is 7.38. The summed E-state index contributed by atoms with van der Waals surface area (Å²) in [5, 5.41) is 2.56. The van der Waals surface area contributed by atoms with Crippen molar-refractivity contribution in [3.8, 4) is 17.6 Å². The van der Waals surface area contributed by atoms with Crippen molar-refractivity contribution in [3.05, 3.63) is 65.4 Å². The van der Waals surface area contributed by atoms with Gasteiger partial charge in [0.25, 0.3) is 5.91 Å². The summed E-state index contributed by atoms with van der Waals surface area (Å²) in [6.07, 6.45) is 2.69. The lowest BCUT2D eigenvalue weighted by Gasteiger charge is -2.20. The molecule has 3 N–H and O–H groups in total. The fraction of sp³-hybridized carbons (Fsp3) is 0.280. The van der Waals surface area contributed by atoms with Crippen LogP contribution in [0.5, 0.6) is 5.75 Å². The third-order valence-electron chi connectivity index (χ3n) is 5.43. The topological polar surface area (TPSA) is 119 Å². The number of amides is 3. The van der Waals surface area contributed by atoms with Gasteiger partial charge in [-0.2, -0.15) is 4.39 Å². The second-order valence-electron chi connectivity index (χ2n) is 8.02. The molecule has 1 aromatic carbocycles. The number of nitrogens with two attached hydrogens (primary N) is 1. The van der Waals surface area contributed by atoms with Crippen LogP contribution in [0.25, 0.3) is 0 Å². The zero-order valence-electron chi connectivity index (χ0n) is 19.0. The van der Waals surface area contributed by atoms with E-state index in [2.05, 4.69) is 27.1 Å². The lowest BCUT2D eigenvalue weighted by Crippen LogP contribution is -2.48. The smallest absolute Gasteiger partial charge is 0.341 e. The van der Waals surface area contributed by atoms with Crippen molar-refractivity contribution in [3.63, 3.8) is 0 Å². The number of allylic oxidation sites excluding steroid dienone is 1. The SMILES string of the molecule is CN1C(=O)C(NC(=O)/N=C/C(=C\N)Cc2cccc(F)n2)COc2ccc(C#CC3COC3)cc21. The van der Waals surface area contributed by atoms with Crippen molar-refractivity contribution in [1.29, 1.82) is 0 Å². The number of ether oxygens (including phenoxy) is 2. The van der Waals surface area contributed by atoms with E-state index in [4.69, 9.17) is 15.2 Å². The Hall–Kier alpha value is -4.23. The molecule has 0 bridgehead atoms. The number of hydrogen-bond acceptors (Lipinski definition) is 6. The Morgan fingerprint density at radius 2 is 2.17 bits per heavy atom. The van der Waals surface area contributed by atoms with Crippen molar-refractivity contribution >= 4 is 23.8 Å². The van der Waals surface area contributed by atoms with Crippen molar-refractivity contribution in [2.45, 2.75) is 12.5 Å². The molecule has 0 spiro atoms. The van der Waals surface area contributed by atoms with Crippen LogP contribution in [0.2, 0.25) is 0 Å². The highest BCUT2D eigenvalue weighted by Crippen LogP contribution is 2.31. The predicted octanol–water partition coefficient (Wildman–Crippen LogP) is 1.81. The number of halogens is 1. The number of carbonyl (C=O) groups is 2. The predicted molar refractivity (Wildman–Crippen MR) is 128 cm³/mol. The van der Waals surface area contributed by atoms with E-state index < -0.39 is 18.0 Å². The van der Waals surface area contributed by atoms with E-state index in [1.165, 1.54) is 29.4 Å². The second kappa shape index (κ2) is 10.8. The molecule has 2 aromatic rings. The van der Waals surface area contributed by atoms with Crippen LogP contribution in [0.15, 0.2) is 53.2 Å². The number of aliphatic imine (C=N–C) groups is 1. The molecule has 9 nitrogen and oxygen atoms in total. The molecule has 2 aliphatic heterocycles. The van der Waals surface area contributed by atoms with Gasteiger partial charge in [-0.05, 0) is 42.1 Å². The Labute approximate surface area is 201 Å². The lowest BCUT2D eigenvalue weighted by atomic mass is 10.1. The third kappa shape index (κ3) is 6.02. The summed E-state index contributed by atoms with van der Waals surface area (Å²) >= 11 is 0. The molecule has 1 fully saturated rings. The van der Waals surface area contributed by atoms with Gasteiger partial charge in [-0.3, -0.25) is 4.79 Å². The molecule has 35 heavy (non-hydrogen) atoms. The van der Waals surface area contributed by atoms with E-state index in [9.17, 15) is 14.0 Å². The molecule has 1 saturated heterocycles. The molecule has 1 unspecified atom stereocenters. The number of nitrogens with one attached hydrogen (secondary N) is 1. The molecular weight excluding hydrogens is 453 g/mol. The summed E-state index contributed by atoms with van der Waals surface area (Å²) in [6.45, 7) is 1.20. The minimum absolute atomic E-state index is 0.0608. The molecule has 1 aromatic heterocycles. The normalized spacial score (nSPS) is 18.1. The Bertz CT molecular complexity index is 1250. The Morgan fingerprint density at radius 1 is 1.34 bits per heavy atom. The van der Waals surface area contributed by atoms with E-state index in [0.717, 1.165) is 5.56 Å². The van der Waals surface area contributed by atoms with Gasteiger partial charge in [-0.15, -0.1) is 0 Å². The van der Waals surface area contributed by atoms with Crippen molar-refractivity contribution < 1.29 is 23.5 Å². The van der Waals surface area contributed by atoms with Crippen LogP contribution in [0, 0.1) is 23.7 Å².